The average Bonchev–Trinajstić information content (AvgIpc) is 2.73. The van der Waals surface area contributed by atoms with Gasteiger partial charge in [0.15, 0.2) is 0 Å². The lowest BCUT2D eigenvalue weighted by Crippen LogP contribution is -2.49. The molecule has 1 aliphatic rings. The zero-order valence-electron chi connectivity index (χ0n) is 16.9. The molecule has 1 amide bonds. The van der Waals surface area contributed by atoms with E-state index in [0.717, 1.165) is 50.6 Å². The zero-order valence-corrected chi connectivity index (χ0v) is 16.9. The standard InChI is InChI=1S/C23H30N2O3/c1-19-4-3-5-22(18-19)28-17-16-24-12-14-25(15-13-24)23(26)11-8-20-6-9-21(27-2)10-7-20/h3-7,9-10,18H,8,11-17H2,1-2H3. The Morgan fingerprint density at radius 1 is 1.00 bits per heavy atom. The van der Waals surface area contributed by atoms with E-state index in [4.69, 9.17) is 9.47 Å². The molecule has 0 unspecified atom stereocenters. The van der Waals surface area contributed by atoms with Crippen molar-refractivity contribution in [3.8, 4) is 11.5 Å². The van der Waals surface area contributed by atoms with Crippen molar-refractivity contribution >= 4 is 5.91 Å². The molecule has 5 heteroatoms. The van der Waals surface area contributed by atoms with Crippen LogP contribution in [-0.2, 0) is 11.2 Å². The van der Waals surface area contributed by atoms with Crippen molar-refractivity contribution in [2.24, 2.45) is 0 Å². The molecule has 0 aliphatic carbocycles. The Kier molecular flexibility index (Phi) is 7.31. The van der Waals surface area contributed by atoms with Crippen molar-refractivity contribution in [2.75, 3.05) is 46.4 Å². The van der Waals surface area contributed by atoms with Gasteiger partial charge >= 0.3 is 0 Å². The molecule has 1 fully saturated rings. The molecule has 0 aromatic heterocycles. The summed E-state index contributed by atoms with van der Waals surface area (Å²) in [6.07, 6.45) is 1.33. The summed E-state index contributed by atoms with van der Waals surface area (Å²) in [5.41, 5.74) is 2.38. The highest BCUT2D eigenvalue weighted by Crippen LogP contribution is 2.14. The highest BCUT2D eigenvalue weighted by molar-refractivity contribution is 5.76. The first-order valence-corrected chi connectivity index (χ1v) is 9.96. The molecule has 0 N–H and O–H groups in total. The Morgan fingerprint density at radius 3 is 2.43 bits per heavy atom. The predicted octanol–water partition coefficient (Wildman–Crippen LogP) is 3.16. The number of carbonyl (C=O) groups is 1. The monoisotopic (exact) mass is 382 g/mol. The Labute approximate surface area is 167 Å². The van der Waals surface area contributed by atoms with Crippen LogP contribution in [0.2, 0.25) is 0 Å². The number of amides is 1. The highest BCUT2D eigenvalue weighted by atomic mass is 16.5. The average molecular weight is 383 g/mol. The van der Waals surface area contributed by atoms with Gasteiger partial charge in [-0.15, -0.1) is 0 Å². The largest absolute Gasteiger partial charge is 0.497 e. The lowest BCUT2D eigenvalue weighted by atomic mass is 10.1. The first-order valence-electron chi connectivity index (χ1n) is 9.96. The summed E-state index contributed by atoms with van der Waals surface area (Å²) in [6.45, 7) is 7.04. The van der Waals surface area contributed by atoms with Gasteiger partial charge < -0.3 is 14.4 Å². The van der Waals surface area contributed by atoms with Crippen LogP contribution in [0.15, 0.2) is 48.5 Å². The summed E-state index contributed by atoms with van der Waals surface area (Å²) in [6, 6.07) is 16.1. The summed E-state index contributed by atoms with van der Waals surface area (Å²) in [4.78, 5) is 16.8. The van der Waals surface area contributed by atoms with E-state index in [2.05, 4.69) is 24.0 Å². The number of methoxy groups -OCH3 is 1. The number of aryl methyl sites for hydroxylation is 2. The third-order valence-corrected chi connectivity index (χ3v) is 5.18. The maximum absolute atomic E-state index is 12.5. The van der Waals surface area contributed by atoms with Crippen LogP contribution < -0.4 is 9.47 Å². The second-order valence-corrected chi connectivity index (χ2v) is 7.24. The van der Waals surface area contributed by atoms with Gasteiger partial charge in [0.1, 0.15) is 18.1 Å². The fourth-order valence-corrected chi connectivity index (χ4v) is 3.42. The lowest BCUT2D eigenvalue weighted by Gasteiger charge is -2.34. The molecule has 1 saturated heterocycles. The third-order valence-electron chi connectivity index (χ3n) is 5.18. The van der Waals surface area contributed by atoms with Crippen LogP contribution in [-0.4, -0.2) is 62.1 Å². The van der Waals surface area contributed by atoms with Gasteiger partial charge in [-0.05, 0) is 48.7 Å². The summed E-state index contributed by atoms with van der Waals surface area (Å²) in [5, 5.41) is 0. The number of carbonyl (C=O) groups excluding carboxylic acids is 1. The van der Waals surface area contributed by atoms with Crippen molar-refractivity contribution in [1.82, 2.24) is 9.80 Å². The summed E-state index contributed by atoms with van der Waals surface area (Å²) in [7, 11) is 1.66. The fourth-order valence-electron chi connectivity index (χ4n) is 3.42. The van der Waals surface area contributed by atoms with Gasteiger partial charge in [-0.25, -0.2) is 0 Å². The third kappa shape index (κ3) is 5.99. The number of rotatable bonds is 8. The van der Waals surface area contributed by atoms with E-state index in [1.165, 1.54) is 11.1 Å². The molecule has 1 aliphatic heterocycles. The second kappa shape index (κ2) is 10.1. The van der Waals surface area contributed by atoms with Gasteiger partial charge in [-0.3, -0.25) is 9.69 Å². The van der Waals surface area contributed by atoms with E-state index >= 15 is 0 Å². The molecule has 5 nitrogen and oxygen atoms in total. The molecule has 0 radical (unpaired) electrons. The van der Waals surface area contributed by atoms with E-state index in [9.17, 15) is 4.79 Å². The van der Waals surface area contributed by atoms with Crippen molar-refractivity contribution in [1.29, 1.82) is 0 Å². The molecule has 2 aromatic carbocycles. The zero-order chi connectivity index (χ0) is 19.8. The number of piperazine rings is 1. The molecule has 150 valence electrons. The minimum absolute atomic E-state index is 0.242. The van der Waals surface area contributed by atoms with Crippen LogP contribution in [0.4, 0.5) is 0 Å². The van der Waals surface area contributed by atoms with E-state index in [1.54, 1.807) is 7.11 Å². The van der Waals surface area contributed by atoms with Gasteiger partial charge in [-0.1, -0.05) is 24.3 Å². The Hall–Kier alpha value is -2.53. The first kappa shape index (κ1) is 20.2. The van der Waals surface area contributed by atoms with E-state index in [1.807, 2.05) is 41.3 Å². The molecule has 0 saturated carbocycles. The van der Waals surface area contributed by atoms with Gasteiger partial charge in [0, 0.05) is 39.1 Å². The molecule has 0 atom stereocenters. The van der Waals surface area contributed by atoms with Crippen LogP contribution in [0, 0.1) is 6.92 Å². The molecule has 28 heavy (non-hydrogen) atoms. The summed E-state index contributed by atoms with van der Waals surface area (Å²) in [5.74, 6) is 2.01. The Balaban J connectivity index is 1.34. The normalized spacial score (nSPS) is 14.7. The maximum atomic E-state index is 12.5. The molecule has 3 rings (SSSR count). The van der Waals surface area contributed by atoms with Crippen LogP contribution in [0.25, 0.3) is 0 Å². The van der Waals surface area contributed by atoms with E-state index < -0.39 is 0 Å². The number of hydrogen-bond acceptors (Lipinski definition) is 4. The molecule has 0 bridgehead atoms. The number of hydrogen-bond donors (Lipinski definition) is 0. The minimum atomic E-state index is 0.242. The van der Waals surface area contributed by atoms with Crippen LogP contribution in [0.5, 0.6) is 11.5 Å². The molecule has 0 spiro atoms. The SMILES string of the molecule is COc1ccc(CCC(=O)N2CCN(CCOc3cccc(C)c3)CC2)cc1. The summed E-state index contributed by atoms with van der Waals surface area (Å²) >= 11 is 0. The smallest absolute Gasteiger partial charge is 0.222 e. The predicted molar refractivity (Wildman–Crippen MR) is 111 cm³/mol. The highest BCUT2D eigenvalue weighted by Gasteiger charge is 2.20. The molecular formula is C23H30N2O3. The van der Waals surface area contributed by atoms with Crippen molar-refractivity contribution in [2.45, 2.75) is 19.8 Å². The van der Waals surface area contributed by atoms with Crippen LogP contribution >= 0.6 is 0 Å². The number of ether oxygens (including phenoxy) is 2. The molecule has 1 heterocycles. The van der Waals surface area contributed by atoms with E-state index in [0.29, 0.717) is 13.0 Å². The Bertz CT molecular complexity index is 753. The van der Waals surface area contributed by atoms with Gasteiger partial charge in [0.25, 0.3) is 0 Å². The fraction of sp³-hybridized carbons (Fsp3) is 0.435. The topological polar surface area (TPSA) is 42.0 Å². The molecular weight excluding hydrogens is 352 g/mol. The molecule has 2 aromatic rings. The lowest BCUT2D eigenvalue weighted by molar-refractivity contribution is -0.132. The summed E-state index contributed by atoms with van der Waals surface area (Å²) < 4.78 is 11.0. The van der Waals surface area contributed by atoms with Crippen molar-refractivity contribution in [3.05, 3.63) is 59.7 Å². The quantitative estimate of drug-likeness (QED) is 0.703. The van der Waals surface area contributed by atoms with Crippen molar-refractivity contribution < 1.29 is 14.3 Å². The maximum Gasteiger partial charge on any atom is 0.222 e. The minimum Gasteiger partial charge on any atom is -0.497 e. The second-order valence-electron chi connectivity index (χ2n) is 7.24. The van der Waals surface area contributed by atoms with Crippen molar-refractivity contribution in [3.63, 3.8) is 0 Å². The van der Waals surface area contributed by atoms with Gasteiger partial charge in [0.05, 0.1) is 7.11 Å². The van der Waals surface area contributed by atoms with E-state index in [-0.39, 0.29) is 5.91 Å². The number of nitrogens with zero attached hydrogens (tertiary/aromatic N) is 2. The van der Waals surface area contributed by atoms with Gasteiger partial charge in [-0.2, -0.15) is 0 Å². The van der Waals surface area contributed by atoms with Crippen LogP contribution in [0.3, 0.4) is 0 Å². The Morgan fingerprint density at radius 2 is 1.75 bits per heavy atom. The van der Waals surface area contributed by atoms with Crippen LogP contribution in [0.1, 0.15) is 17.5 Å². The van der Waals surface area contributed by atoms with Gasteiger partial charge in [0.2, 0.25) is 5.91 Å². The number of benzene rings is 2. The first-order chi connectivity index (χ1) is 13.6.